The Bertz CT molecular complexity index is 1550. The van der Waals surface area contributed by atoms with Crippen LogP contribution in [0.25, 0.3) is 0 Å². The number of hydrogen-bond acceptors (Lipinski definition) is 5. The highest BCUT2D eigenvalue weighted by Crippen LogP contribution is 2.58. The molecule has 45 heavy (non-hydrogen) atoms. The number of hydrogen-bond donors (Lipinski definition) is 0. The van der Waals surface area contributed by atoms with Gasteiger partial charge < -0.3 is 9.05 Å². The van der Waals surface area contributed by atoms with Crippen molar-refractivity contribution in [3.05, 3.63) is 119 Å². The zero-order chi connectivity index (χ0) is 32.5. The van der Waals surface area contributed by atoms with E-state index >= 15 is 0 Å². The average molecular weight is 649 g/mol. The Kier molecular flexibility index (Phi) is 12.6. The van der Waals surface area contributed by atoms with Gasteiger partial charge in [-0.3, -0.25) is 9.09 Å². The molecule has 3 aromatic rings. The summed E-state index contributed by atoms with van der Waals surface area (Å²) in [4.78, 5) is 0. The van der Waals surface area contributed by atoms with Crippen LogP contribution in [0.2, 0.25) is 0 Å². The summed E-state index contributed by atoms with van der Waals surface area (Å²) in [6.45, 7) is 14.5. The van der Waals surface area contributed by atoms with Gasteiger partial charge in [0.05, 0.1) is 18.9 Å². The maximum absolute atomic E-state index is 14.5. The van der Waals surface area contributed by atoms with Crippen molar-refractivity contribution < 1.29 is 22.7 Å². The first kappa shape index (κ1) is 35.0. The number of aryl methyl sites for hydroxylation is 1. The first-order valence-corrected chi connectivity index (χ1v) is 20.3. The van der Waals surface area contributed by atoms with Crippen LogP contribution >= 0.6 is 15.0 Å². The summed E-state index contributed by atoms with van der Waals surface area (Å²) in [5.74, 6) is 0.990. The molecule has 0 saturated heterocycles. The van der Waals surface area contributed by atoms with E-state index in [1.54, 1.807) is 6.66 Å². The second kappa shape index (κ2) is 16.1. The molecule has 0 heterocycles. The van der Waals surface area contributed by atoms with Crippen molar-refractivity contribution in [3.8, 4) is 11.5 Å². The lowest BCUT2D eigenvalue weighted by atomic mass is 9.73. The highest BCUT2D eigenvalue weighted by molar-refractivity contribution is 7.57. The second-order valence-electron chi connectivity index (χ2n) is 12.5. The second-order valence-corrected chi connectivity index (χ2v) is 17.0. The topological polar surface area (TPSA) is 61.8 Å². The molecule has 0 radical (unpaired) electrons. The first-order chi connectivity index (χ1) is 21.5. The lowest BCUT2D eigenvalue weighted by Crippen LogP contribution is -2.19. The molecule has 1 aliphatic rings. The molecular weight excluding hydrogens is 598 g/mol. The molecule has 0 bridgehead atoms. The molecule has 0 aromatic heterocycles. The standard InChI is InChI=1S/C38H50O5P2/c1-7-9-12-21-33-25-36(42-44(6,39)27-31-17-13-10-14-18-31)38(35-24-30(5)22-23-34(35)29(3)4)37(26-33)43-45(40,41-8-2)28-32-19-15-11-16-20-32/h10-11,13-20,24-26,34-35H,3,7-9,12,21-23,27-28H2,1-2,4-6H3. The number of allylic oxidation sites excluding steroid dienone is 3. The molecule has 1 aliphatic carbocycles. The molecule has 0 amide bonds. The third kappa shape index (κ3) is 10.1. The maximum Gasteiger partial charge on any atom is 0.383 e. The van der Waals surface area contributed by atoms with E-state index in [-0.39, 0.29) is 24.6 Å². The van der Waals surface area contributed by atoms with Crippen LogP contribution < -0.4 is 9.05 Å². The average Bonchev–Trinajstić information content (AvgIpc) is 2.97. The van der Waals surface area contributed by atoms with Crippen molar-refractivity contribution in [1.82, 2.24) is 0 Å². The number of rotatable bonds is 16. The summed E-state index contributed by atoms with van der Waals surface area (Å²) in [6, 6.07) is 23.5. The Hall–Kier alpha value is -2.84. The van der Waals surface area contributed by atoms with Gasteiger partial charge >= 0.3 is 7.60 Å². The van der Waals surface area contributed by atoms with Crippen LogP contribution in [0.3, 0.4) is 0 Å². The fourth-order valence-corrected chi connectivity index (χ4v) is 9.39. The van der Waals surface area contributed by atoms with Gasteiger partial charge in [-0.2, -0.15) is 0 Å². The zero-order valence-electron chi connectivity index (χ0n) is 27.7. The summed E-state index contributed by atoms with van der Waals surface area (Å²) >= 11 is 0. The molecule has 0 fully saturated rings. The lowest BCUT2D eigenvalue weighted by molar-refractivity contribution is 0.276. The molecule has 0 N–H and O–H groups in total. The Balaban J connectivity index is 1.89. The summed E-state index contributed by atoms with van der Waals surface area (Å²) in [6.07, 6.45) is 8.58. The quantitative estimate of drug-likeness (QED) is 0.0879. The van der Waals surface area contributed by atoms with Gasteiger partial charge in [0.15, 0.2) is 0 Å². The summed E-state index contributed by atoms with van der Waals surface area (Å²) in [7, 11) is -6.81. The van der Waals surface area contributed by atoms with Crippen LogP contribution in [0.1, 0.15) is 88.0 Å². The predicted molar refractivity (Wildman–Crippen MR) is 188 cm³/mol. The van der Waals surface area contributed by atoms with E-state index in [4.69, 9.17) is 13.6 Å². The molecule has 4 unspecified atom stereocenters. The smallest absolute Gasteiger partial charge is 0.383 e. The van der Waals surface area contributed by atoms with E-state index in [1.165, 1.54) is 5.57 Å². The van der Waals surface area contributed by atoms with E-state index in [9.17, 15) is 9.13 Å². The lowest BCUT2D eigenvalue weighted by Gasteiger charge is -2.34. The summed E-state index contributed by atoms with van der Waals surface area (Å²) in [5, 5.41) is 0. The van der Waals surface area contributed by atoms with E-state index in [0.29, 0.717) is 17.7 Å². The summed E-state index contributed by atoms with van der Waals surface area (Å²) < 4.78 is 47.9. The van der Waals surface area contributed by atoms with Crippen molar-refractivity contribution in [2.75, 3.05) is 13.3 Å². The SMILES string of the molecule is C=C(C)C1CCC(C)=CC1c1c(OP(C)(=O)Cc2ccccc2)cc(CCCCC)cc1OP(=O)(Cc1ccccc1)OCC. The Morgan fingerprint density at radius 2 is 1.47 bits per heavy atom. The van der Waals surface area contributed by atoms with Crippen LogP contribution in [0.15, 0.2) is 96.6 Å². The molecule has 0 saturated carbocycles. The molecule has 242 valence electrons. The van der Waals surface area contributed by atoms with E-state index in [0.717, 1.165) is 66.4 Å². The molecule has 5 nitrogen and oxygen atoms in total. The predicted octanol–water partition coefficient (Wildman–Crippen LogP) is 11.7. The van der Waals surface area contributed by atoms with Gasteiger partial charge in [-0.15, -0.1) is 0 Å². The highest BCUT2D eigenvalue weighted by atomic mass is 31.2. The largest absolute Gasteiger partial charge is 0.442 e. The van der Waals surface area contributed by atoms with E-state index in [1.807, 2.05) is 79.7 Å². The van der Waals surface area contributed by atoms with Gasteiger partial charge in [0, 0.05) is 18.1 Å². The molecule has 3 aromatic carbocycles. The number of unbranched alkanes of at least 4 members (excludes halogenated alkanes) is 2. The summed E-state index contributed by atoms with van der Waals surface area (Å²) in [5.41, 5.74) is 5.93. The van der Waals surface area contributed by atoms with Crippen LogP contribution in [0, 0.1) is 5.92 Å². The van der Waals surface area contributed by atoms with Gasteiger partial charge in [0.2, 0.25) is 7.37 Å². The van der Waals surface area contributed by atoms with Gasteiger partial charge in [-0.25, -0.2) is 4.57 Å². The van der Waals surface area contributed by atoms with Crippen molar-refractivity contribution in [1.29, 1.82) is 0 Å². The first-order valence-electron chi connectivity index (χ1n) is 16.3. The van der Waals surface area contributed by atoms with Crippen LogP contribution in [0.4, 0.5) is 0 Å². The third-order valence-corrected chi connectivity index (χ3v) is 11.7. The minimum atomic E-state index is -3.64. The van der Waals surface area contributed by atoms with Crippen LogP contribution in [-0.2, 0) is 32.4 Å². The van der Waals surface area contributed by atoms with Crippen LogP contribution in [-0.4, -0.2) is 13.3 Å². The molecular formula is C38H50O5P2. The minimum absolute atomic E-state index is 0.121. The monoisotopic (exact) mass is 648 g/mol. The molecule has 4 rings (SSSR count). The number of benzene rings is 3. The Morgan fingerprint density at radius 1 is 0.867 bits per heavy atom. The van der Waals surface area contributed by atoms with E-state index in [2.05, 4.69) is 33.4 Å². The zero-order valence-corrected chi connectivity index (χ0v) is 29.5. The van der Waals surface area contributed by atoms with Gasteiger partial charge in [0.25, 0.3) is 0 Å². The molecule has 0 spiro atoms. The maximum atomic E-state index is 14.5. The van der Waals surface area contributed by atoms with Crippen molar-refractivity contribution in [3.63, 3.8) is 0 Å². The van der Waals surface area contributed by atoms with Gasteiger partial charge in [-0.1, -0.05) is 104 Å². The Labute approximate surface area is 271 Å². The Morgan fingerprint density at radius 3 is 2.04 bits per heavy atom. The van der Waals surface area contributed by atoms with Gasteiger partial charge in [0.1, 0.15) is 11.5 Å². The highest BCUT2D eigenvalue weighted by Gasteiger charge is 2.36. The molecule has 4 atom stereocenters. The molecule has 7 heteroatoms. The van der Waals surface area contributed by atoms with Crippen molar-refractivity contribution in [2.24, 2.45) is 5.92 Å². The third-order valence-electron chi connectivity index (χ3n) is 8.33. The van der Waals surface area contributed by atoms with Gasteiger partial charge in [-0.05, 0) is 81.2 Å². The fourth-order valence-electron chi connectivity index (χ4n) is 6.18. The van der Waals surface area contributed by atoms with Crippen molar-refractivity contribution in [2.45, 2.75) is 84.5 Å². The van der Waals surface area contributed by atoms with E-state index < -0.39 is 15.0 Å². The molecule has 0 aliphatic heterocycles. The minimum Gasteiger partial charge on any atom is -0.442 e. The fraction of sp³-hybridized carbons (Fsp3) is 0.421. The normalized spacial score (nSPS) is 19.2. The van der Waals surface area contributed by atoms with Crippen LogP contribution in [0.5, 0.6) is 11.5 Å². The van der Waals surface area contributed by atoms with Crippen molar-refractivity contribution >= 4 is 15.0 Å².